The molecule has 0 spiro atoms. The first-order valence-electron chi connectivity index (χ1n) is 7.15. The summed E-state index contributed by atoms with van der Waals surface area (Å²) in [5.74, 6) is -0.515. The third-order valence-electron chi connectivity index (χ3n) is 3.56. The molecule has 0 atom stereocenters. The number of rotatable bonds is 3. The summed E-state index contributed by atoms with van der Waals surface area (Å²) in [6.45, 7) is 0. The van der Waals surface area contributed by atoms with Gasteiger partial charge >= 0.3 is 0 Å². The van der Waals surface area contributed by atoms with Crippen molar-refractivity contribution in [2.24, 2.45) is 12.1 Å². The molecule has 0 aliphatic rings. The number of nitrogens with zero attached hydrogens (tertiary/aromatic N) is 2. The molecule has 0 radical (unpaired) electrons. The summed E-state index contributed by atoms with van der Waals surface area (Å²) in [5, 5.41) is 4.21. The lowest BCUT2D eigenvalue weighted by Crippen LogP contribution is -2.23. The van der Waals surface area contributed by atoms with E-state index < -0.39 is 15.7 Å². The molecular formula is C16H14ClN3O3S2. The number of sulfone groups is 1. The highest BCUT2D eigenvalue weighted by Crippen LogP contribution is 2.22. The molecule has 25 heavy (non-hydrogen) atoms. The van der Waals surface area contributed by atoms with E-state index in [-0.39, 0.29) is 15.5 Å². The Balaban J connectivity index is 1.93. The minimum atomic E-state index is -3.53. The van der Waals surface area contributed by atoms with Crippen molar-refractivity contribution in [3.63, 3.8) is 0 Å². The van der Waals surface area contributed by atoms with Gasteiger partial charge in [-0.05, 0) is 30.3 Å². The van der Waals surface area contributed by atoms with Crippen molar-refractivity contribution < 1.29 is 13.2 Å². The Morgan fingerprint density at radius 3 is 2.64 bits per heavy atom. The Morgan fingerprint density at radius 2 is 1.96 bits per heavy atom. The molecule has 1 N–H and O–H groups in total. The lowest BCUT2D eigenvalue weighted by Gasteiger charge is -2.05. The predicted octanol–water partition coefficient (Wildman–Crippen LogP) is 2.54. The van der Waals surface area contributed by atoms with Gasteiger partial charge < -0.3 is 4.57 Å². The van der Waals surface area contributed by atoms with Gasteiger partial charge in [0.2, 0.25) is 4.80 Å². The number of hydrogen-bond acceptors (Lipinski definition) is 5. The first-order valence-corrected chi connectivity index (χ1v) is 10.2. The minimum Gasteiger partial charge on any atom is -0.318 e. The highest BCUT2D eigenvalue weighted by Gasteiger charge is 2.15. The molecule has 130 valence electrons. The van der Waals surface area contributed by atoms with Crippen molar-refractivity contribution in [1.82, 2.24) is 9.99 Å². The van der Waals surface area contributed by atoms with E-state index in [0.717, 1.165) is 16.5 Å². The largest absolute Gasteiger partial charge is 0.318 e. The van der Waals surface area contributed by atoms with Crippen LogP contribution in [0.4, 0.5) is 0 Å². The highest BCUT2D eigenvalue weighted by molar-refractivity contribution is 7.90. The van der Waals surface area contributed by atoms with Gasteiger partial charge in [0.25, 0.3) is 5.91 Å². The fraction of sp³-hybridized carbons (Fsp3) is 0.125. The molecule has 0 fully saturated rings. The number of fused-ring (bicyclic) bond motifs is 1. The molecule has 0 unspecified atom stereocenters. The van der Waals surface area contributed by atoms with Crippen LogP contribution in [0.5, 0.6) is 0 Å². The quantitative estimate of drug-likeness (QED) is 0.692. The first-order chi connectivity index (χ1) is 11.8. The number of amides is 1. The molecule has 3 aromatic rings. The van der Waals surface area contributed by atoms with Gasteiger partial charge in [-0.15, -0.1) is 5.10 Å². The maximum Gasteiger partial charge on any atom is 0.271 e. The number of carbonyl (C=O) groups excluding carboxylic acids is 1. The van der Waals surface area contributed by atoms with Crippen LogP contribution in [0.25, 0.3) is 10.2 Å². The Labute approximate surface area is 153 Å². The fourth-order valence-corrected chi connectivity index (χ4v) is 4.56. The van der Waals surface area contributed by atoms with E-state index in [9.17, 15) is 13.2 Å². The van der Waals surface area contributed by atoms with Crippen LogP contribution in [-0.4, -0.2) is 25.1 Å². The van der Waals surface area contributed by atoms with Crippen LogP contribution in [0.3, 0.4) is 0 Å². The van der Waals surface area contributed by atoms with Gasteiger partial charge in [-0.2, -0.15) is 0 Å². The standard InChI is InChI=1S/C16H14ClN3O3S2/c1-20-12-5-3-4-6-13(12)24-16(20)19-18-15(21)10-7-8-11(17)14(9-10)25(2,22)23/h3-9H,1-2H3,(H,18,21)/b19-16-. The van der Waals surface area contributed by atoms with E-state index in [1.54, 1.807) is 0 Å². The van der Waals surface area contributed by atoms with E-state index >= 15 is 0 Å². The van der Waals surface area contributed by atoms with E-state index in [2.05, 4.69) is 10.5 Å². The van der Waals surface area contributed by atoms with Crippen molar-refractivity contribution in [1.29, 1.82) is 0 Å². The second kappa shape index (κ2) is 6.62. The van der Waals surface area contributed by atoms with Crippen LogP contribution in [0, 0.1) is 0 Å². The average molecular weight is 396 g/mol. The zero-order chi connectivity index (χ0) is 18.2. The molecule has 0 aliphatic heterocycles. The summed E-state index contributed by atoms with van der Waals surface area (Å²) in [5.41, 5.74) is 3.62. The molecule has 0 saturated carbocycles. The van der Waals surface area contributed by atoms with E-state index in [1.165, 1.54) is 29.5 Å². The van der Waals surface area contributed by atoms with Crippen LogP contribution in [0.2, 0.25) is 5.02 Å². The van der Waals surface area contributed by atoms with Gasteiger partial charge in [-0.25, -0.2) is 13.8 Å². The van der Waals surface area contributed by atoms with E-state index in [1.807, 2.05) is 35.9 Å². The fourth-order valence-electron chi connectivity index (χ4n) is 2.28. The second-order valence-electron chi connectivity index (χ2n) is 5.38. The maximum atomic E-state index is 12.3. The van der Waals surface area contributed by atoms with Crippen LogP contribution in [-0.2, 0) is 16.9 Å². The number of halogens is 1. The van der Waals surface area contributed by atoms with Crippen LogP contribution >= 0.6 is 22.9 Å². The lowest BCUT2D eigenvalue weighted by molar-refractivity contribution is 0.0953. The minimum absolute atomic E-state index is 0.0758. The van der Waals surface area contributed by atoms with E-state index in [0.29, 0.717) is 4.80 Å². The molecule has 0 bridgehead atoms. The summed E-state index contributed by atoms with van der Waals surface area (Å²) < 4.78 is 26.3. The number of hydrogen-bond donors (Lipinski definition) is 1. The van der Waals surface area contributed by atoms with E-state index in [4.69, 9.17) is 11.6 Å². The number of aryl methyl sites for hydroxylation is 1. The van der Waals surface area contributed by atoms with Gasteiger partial charge in [0.05, 0.1) is 20.1 Å². The normalized spacial score (nSPS) is 12.5. The second-order valence-corrected chi connectivity index (χ2v) is 8.78. The zero-order valence-electron chi connectivity index (χ0n) is 13.4. The number of nitrogens with one attached hydrogen (secondary N) is 1. The smallest absolute Gasteiger partial charge is 0.271 e. The van der Waals surface area contributed by atoms with Crippen molar-refractivity contribution in [3.05, 3.63) is 57.9 Å². The van der Waals surface area contributed by atoms with Crippen LogP contribution in [0.1, 0.15) is 10.4 Å². The Morgan fingerprint density at radius 1 is 1.24 bits per heavy atom. The topological polar surface area (TPSA) is 80.5 Å². The zero-order valence-corrected chi connectivity index (χ0v) is 15.7. The van der Waals surface area contributed by atoms with Crippen molar-refractivity contribution in [2.75, 3.05) is 6.26 Å². The van der Waals surface area contributed by atoms with Gasteiger partial charge in [0.1, 0.15) is 0 Å². The van der Waals surface area contributed by atoms with Gasteiger partial charge in [0, 0.05) is 18.9 Å². The predicted molar refractivity (Wildman–Crippen MR) is 98.4 cm³/mol. The molecule has 3 rings (SSSR count). The van der Waals surface area contributed by atoms with Gasteiger partial charge in [0.15, 0.2) is 9.84 Å². The van der Waals surface area contributed by atoms with Crippen molar-refractivity contribution in [3.8, 4) is 0 Å². The molecule has 2 aromatic carbocycles. The molecule has 9 heteroatoms. The molecule has 0 saturated heterocycles. The summed E-state index contributed by atoms with van der Waals surface area (Å²) in [6.07, 6.45) is 1.04. The monoisotopic (exact) mass is 395 g/mol. The molecule has 1 aromatic heterocycles. The van der Waals surface area contributed by atoms with Gasteiger partial charge in [-0.3, -0.25) is 4.79 Å². The Hall–Kier alpha value is -2.16. The number of para-hydroxylation sites is 1. The molecule has 1 amide bonds. The maximum absolute atomic E-state index is 12.3. The first kappa shape index (κ1) is 17.7. The van der Waals surface area contributed by atoms with Crippen LogP contribution in [0.15, 0.2) is 52.5 Å². The molecular weight excluding hydrogens is 382 g/mol. The highest BCUT2D eigenvalue weighted by atomic mass is 35.5. The van der Waals surface area contributed by atoms with Crippen molar-refractivity contribution >= 4 is 48.9 Å². The lowest BCUT2D eigenvalue weighted by atomic mass is 10.2. The molecule has 6 nitrogen and oxygen atoms in total. The summed E-state index contributed by atoms with van der Waals surface area (Å²) in [4.78, 5) is 12.8. The Bertz CT molecular complexity index is 1150. The third-order valence-corrected chi connectivity index (χ3v) is 6.25. The number of benzene rings is 2. The average Bonchev–Trinajstić information content (AvgIpc) is 2.88. The van der Waals surface area contributed by atoms with Crippen LogP contribution < -0.4 is 10.2 Å². The molecule has 1 heterocycles. The summed E-state index contributed by atoms with van der Waals surface area (Å²) in [6, 6.07) is 11.9. The third kappa shape index (κ3) is 3.60. The van der Waals surface area contributed by atoms with Gasteiger partial charge in [-0.1, -0.05) is 35.1 Å². The Kier molecular flexibility index (Phi) is 4.68. The summed E-state index contributed by atoms with van der Waals surface area (Å²) in [7, 11) is -1.67. The van der Waals surface area contributed by atoms with Crippen molar-refractivity contribution in [2.45, 2.75) is 4.90 Å². The molecule has 0 aliphatic carbocycles. The SMILES string of the molecule is Cn1/c(=N/NC(=O)c2ccc(Cl)c(S(C)(=O)=O)c2)sc2ccccc21. The number of thiazole rings is 1. The number of aromatic nitrogens is 1. The summed E-state index contributed by atoms with van der Waals surface area (Å²) >= 11 is 7.32. The number of carbonyl (C=O) groups is 1.